The summed E-state index contributed by atoms with van der Waals surface area (Å²) in [4.78, 5) is 28.0. The number of hydrogen-bond donors (Lipinski definition) is 2. The number of ketones is 1. The largest absolute Gasteiger partial charge is 0.340 e. The third-order valence-corrected chi connectivity index (χ3v) is 4.42. The standard InChI is InChI=1S/C23H23N3O2/c1-15(2)17-4-9-20(10-5-17)25-22-13-8-19(14-24-22)23(28)26-21-11-6-18(7-12-21)16(3)27/h4-15H,1-3H3,(H,24,25)(H,26,28). The molecule has 0 aliphatic heterocycles. The number of carbonyl (C=O) groups excluding carboxylic acids is 2. The van der Waals surface area contributed by atoms with Gasteiger partial charge in [0.1, 0.15) is 5.82 Å². The van der Waals surface area contributed by atoms with Crippen molar-refractivity contribution in [3.05, 3.63) is 83.6 Å². The second-order valence-corrected chi connectivity index (χ2v) is 6.92. The average molecular weight is 373 g/mol. The van der Waals surface area contributed by atoms with Gasteiger partial charge in [0.25, 0.3) is 5.91 Å². The number of aromatic nitrogens is 1. The van der Waals surface area contributed by atoms with Gasteiger partial charge in [-0.1, -0.05) is 26.0 Å². The van der Waals surface area contributed by atoms with Gasteiger partial charge in [-0.3, -0.25) is 9.59 Å². The Bertz CT molecular complexity index is 960. The van der Waals surface area contributed by atoms with Crippen molar-refractivity contribution in [2.45, 2.75) is 26.7 Å². The van der Waals surface area contributed by atoms with Crippen molar-refractivity contribution in [2.24, 2.45) is 0 Å². The molecular formula is C23H23N3O2. The molecule has 0 aliphatic carbocycles. The highest BCUT2D eigenvalue weighted by molar-refractivity contribution is 6.04. The van der Waals surface area contributed by atoms with Crippen molar-refractivity contribution in [1.29, 1.82) is 0 Å². The number of carbonyl (C=O) groups is 2. The topological polar surface area (TPSA) is 71.1 Å². The molecule has 0 spiro atoms. The highest BCUT2D eigenvalue weighted by Crippen LogP contribution is 2.20. The van der Waals surface area contributed by atoms with Crippen LogP contribution < -0.4 is 10.6 Å². The van der Waals surface area contributed by atoms with Crippen molar-refractivity contribution in [2.75, 3.05) is 10.6 Å². The number of nitrogens with zero attached hydrogens (tertiary/aromatic N) is 1. The minimum atomic E-state index is -0.254. The predicted octanol–water partition coefficient (Wildman–Crippen LogP) is 5.40. The number of pyridine rings is 1. The first-order chi connectivity index (χ1) is 13.4. The van der Waals surface area contributed by atoms with Crippen molar-refractivity contribution in [3.63, 3.8) is 0 Å². The zero-order chi connectivity index (χ0) is 20.1. The summed E-state index contributed by atoms with van der Waals surface area (Å²) < 4.78 is 0. The van der Waals surface area contributed by atoms with E-state index in [1.165, 1.54) is 18.7 Å². The van der Waals surface area contributed by atoms with E-state index in [-0.39, 0.29) is 11.7 Å². The van der Waals surface area contributed by atoms with Gasteiger partial charge in [0, 0.05) is 23.1 Å². The molecule has 0 unspecified atom stereocenters. The normalized spacial score (nSPS) is 10.6. The first kappa shape index (κ1) is 19.3. The van der Waals surface area contributed by atoms with Crippen LogP contribution in [0.5, 0.6) is 0 Å². The number of nitrogens with one attached hydrogen (secondary N) is 2. The van der Waals surface area contributed by atoms with Crippen LogP contribution in [-0.2, 0) is 0 Å². The Kier molecular flexibility index (Phi) is 5.84. The number of amides is 1. The molecule has 142 valence electrons. The molecule has 0 saturated heterocycles. The van der Waals surface area contributed by atoms with E-state index < -0.39 is 0 Å². The maximum atomic E-state index is 12.4. The Morgan fingerprint density at radius 1 is 0.821 bits per heavy atom. The minimum absolute atomic E-state index is 0.0102. The van der Waals surface area contributed by atoms with Gasteiger partial charge < -0.3 is 10.6 Å². The van der Waals surface area contributed by atoms with E-state index in [9.17, 15) is 9.59 Å². The molecule has 0 atom stereocenters. The highest BCUT2D eigenvalue weighted by Gasteiger charge is 2.08. The quantitative estimate of drug-likeness (QED) is 0.567. The Hall–Kier alpha value is -3.47. The summed E-state index contributed by atoms with van der Waals surface area (Å²) in [5.41, 5.74) is 3.91. The lowest BCUT2D eigenvalue weighted by Crippen LogP contribution is -2.12. The van der Waals surface area contributed by atoms with E-state index in [1.807, 2.05) is 12.1 Å². The molecule has 0 fully saturated rings. The van der Waals surface area contributed by atoms with Crippen molar-refractivity contribution < 1.29 is 9.59 Å². The van der Waals surface area contributed by atoms with Crippen LogP contribution in [0.15, 0.2) is 66.9 Å². The van der Waals surface area contributed by atoms with Crippen molar-refractivity contribution >= 4 is 28.9 Å². The average Bonchev–Trinajstić information content (AvgIpc) is 2.69. The Balaban J connectivity index is 1.63. The molecule has 3 rings (SSSR count). The number of benzene rings is 2. The molecular weight excluding hydrogens is 350 g/mol. The summed E-state index contributed by atoms with van der Waals surface area (Å²) in [5, 5.41) is 6.03. The molecule has 0 saturated carbocycles. The second-order valence-electron chi connectivity index (χ2n) is 6.92. The zero-order valence-corrected chi connectivity index (χ0v) is 16.2. The molecule has 5 heteroatoms. The predicted molar refractivity (Wildman–Crippen MR) is 112 cm³/mol. The van der Waals surface area contributed by atoms with Gasteiger partial charge in [-0.25, -0.2) is 4.98 Å². The maximum absolute atomic E-state index is 12.4. The van der Waals surface area contributed by atoms with Crippen LogP contribution >= 0.6 is 0 Å². The lowest BCUT2D eigenvalue weighted by Gasteiger charge is -2.09. The second kappa shape index (κ2) is 8.48. The Morgan fingerprint density at radius 3 is 1.96 bits per heavy atom. The smallest absolute Gasteiger partial charge is 0.257 e. The summed E-state index contributed by atoms with van der Waals surface area (Å²) in [7, 11) is 0. The summed E-state index contributed by atoms with van der Waals surface area (Å²) in [6.07, 6.45) is 1.53. The SMILES string of the molecule is CC(=O)c1ccc(NC(=O)c2ccc(Nc3ccc(C(C)C)cc3)nc2)cc1. The monoisotopic (exact) mass is 373 g/mol. The van der Waals surface area contributed by atoms with Crippen LogP contribution in [0, 0.1) is 0 Å². The zero-order valence-electron chi connectivity index (χ0n) is 16.2. The van der Waals surface area contributed by atoms with Gasteiger partial charge >= 0.3 is 0 Å². The molecule has 28 heavy (non-hydrogen) atoms. The molecule has 0 radical (unpaired) electrons. The fourth-order valence-corrected chi connectivity index (χ4v) is 2.69. The van der Waals surface area contributed by atoms with E-state index in [2.05, 4.69) is 41.6 Å². The number of hydrogen-bond acceptors (Lipinski definition) is 4. The van der Waals surface area contributed by atoms with E-state index in [0.29, 0.717) is 28.6 Å². The van der Waals surface area contributed by atoms with Crippen LogP contribution in [0.3, 0.4) is 0 Å². The summed E-state index contributed by atoms with van der Waals surface area (Å²) >= 11 is 0. The molecule has 0 aliphatic rings. The maximum Gasteiger partial charge on any atom is 0.257 e. The van der Waals surface area contributed by atoms with Crippen LogP contribution in [0.25, 0.3) is 0 Å². The number of anilines is 3. The third kappa shape index (κ3) is 4.82. The molecule has 3 aromatic rings. The van der Waals surface area contributed by atoms with Gasteiger partial charge in [0.15, 0.2) is 5.78 Å². The molecule has 2 aromatic carbocycles. The molecule has 5 nitrogen and oxygen atoms in total. The van der Waals surface area contributed by atoms with Gasteiger partial charge in [-0.05, 0) is 66.9 Å². The van der Waals surface area contributed by atoms with Crippen molar-refractivity contribution in [3.8, 4) is 0 Å². The van der Waals surface area contributed by atoms with Gasteiger partial charge in [0.05, 0.1) is 5.56 Å². The number of rotatable bonds is 6. The molecule has 0 bridgehead atoms. The highest BCUT2D eigenvalue weighted by atomic mass is 16.1. The van der Waals surface area contributed by atoms with E-state index >= 15 is 0 Å². The lowest BCUT2D eigenvalue weighted by atomic mass is 10.0. The van der Waals surface area contributed by atoms with Gasteiger partial charge in [0.2, 0.25) is 0 Å². The summed E-state index contributed by atoms with van der Waals surface area (Å²) in [6.45, 7) is 5.82. The third-order valence-electron chi connectivity index (χ3n) is 4.42. The summed E-state index contributed by atoms with van der Waals surface area (Å²) in [6, 6.07) is 18.5. The van der Waals surface area contributed by atoms with Crippen LogP contribution in [-0.4, -0.2) is 16.7 Å². The van der Waals surface area contributed by atoms with Crippen LogP contribution in [0.1, 0.15) is 53.0 Å². The van der Waals surface area contributed by atoms with Crippen LogP contribution in [0.4, 0.5) is 17.2 Å². The summed E-state index contributed by atoms with van der Waals surface area (Å²) in [5.74, 6) is 0.892. The minimum Gasteiger partial charge on any atom is -0.340 e. The van der Waals surface area contributed by atoms with Gasteiger partial charge in [-0.15, -0.1) is 0 Å². The fourth-order valence-electron chi connectivity index (χ4n) is 2.69. The first-order valence-electron chi connectivity index (χ1n) is 9.18. The Morgan fingerprint density at radius 2 is 1.43 bits per heavy atom. The number of Topliss-reactive ketones (excluding diaryl/α,β-unsaturated/α-hetero) is 1. The van der Waals surface area contributed by atoms with Crippen LogP contribution in [0.2, 0.25) is 0 Å². The molecule has 2 N–H and O–H groups in total. The van der Waals surface area contributed by atoms with E-state index in [1.54, 1.807) is 36.4 Å². The molecule has 1 heterocycles. The lowest BCUT2D eigenvalue weighted by molar-refractivity contribution is 0.101. The van der Waals surface area contributed by atoms with E-state index in [4.69, 9.17) is 0 Å². The van der Waals surface area contributed by atoms with Crippen molar-refractivity contribution in [1.82, 2.24) is 4.98 Å². The molecule has 1 aromatic heterocycles. The van der Waals surface area contributed by atoms with E-state index in [0.717, 1.165) is 5.69 Å². The molecule has 1 amide bonds. The fraction of sp³-hybridized carbons (Fsp3) is 0.174. The first-order valence-corrected chi connectivity index (χ1v) is 9.18. The van der Waals surface area contributed by atoms with Gasteiger partial charge in [-0.2, -0.15) is 0 Å². The Labute approximate surface area is 164 Å².